The molecule has 7 nitrogen and oxygen atoms in total. The largest absolute Gasteiger partial charge is 0.349 e. The van der Waals surface area contributed by atoms with Crippen molar-refractivity contribution in [2.75, 3.05) is 13.1 Å². The molecular formula is C28H39N5O2. The number of nitrogens with one attached hydrogen (secondary N) is 1. The number of piperidine rings is 1. The maximum Gasteiger partial charge on any atom is 0.222 e. The molecule has 2 aromatic rings. The van der Waals surface area contributed by atoms with Crippen molar-refractivity contribution in [3.05, 3.63) is 53.1 Å². The van der Waals surface area contributed by atoms with Crippen molar-refractivity contribution < 1.29 is 9.59 Å². The SMILES string of the molecule is CCC(=O)N1CCc2nc(C)n([C@H]3C[C@H]4CC[C@@H](C3)N4CC[C@H](NC(C)=O)c3ccccc3)c2C1. The van der Waals surface area contributed by atoms with E-state index < -0.39 is 0 Å². The lowest BCUT2D eigenvalue weighted by Gasteiger charge is -2.41. The van der Waals surface area contributed by atoms with Gasteiger partial charge in [0.1, 0.15) is 5.82 Å². The summed E-state index contributed by atoms with van der Waals surface area (Å²) in [7, 11) is 0. The van der Waals surface area contributed by atoms with Gasteiger partial charge >= 0.3 is 0 Å². The number of aryl methyl sites for hydroxylation is 1. The van der Waals surface area contributed by atoms with Gasteiger partial charge in [-0.2, -0.15) is 0 Å². The Balaban J connectivity index is 1.28. The van der Waals surface area contributed by atoms with Gasteiger partial charge < -0.3 is 14.8 Å². The first-order valence-corrected chi connectivity index (χ1v) is 13.4. The quantitative estimate of drug-likeness (QED) is 0.656. The molecule has 0 saturated carbocycles. The van der Waals surface area contributed by atoms with E-state index in [4.69, 9.17) is 4.98 Å². The van der Waals surface area contributed by atoms with Gasteiger partial charge in [0.25, 0.3) is 0 Å². The molecule has 7 heteroatoms. The van der Waals surface area contributed by atoms with Crippen LogP contribution in [-0.4, -0.2) is 56.3 Å². The highest BCUT2D eigenvalue weighted by Crippen LogP contribution is 2.43. The van der Waals surface area contributed by atoms with Gasteiger partial charge in [-0.15, -0.1) is 0 Å². The normalized spacial score (nSPS) is 24.8. The molecule has 4 heterocycles. The Kier molecular flexibility index (Phi) is 6.96. The second kappa shape index (κ2) is 10.1. The molecular weight excluding hydrogens is 438 g/mol. The summed E-state index contributed by atoms with van der Waals surface area (Å²) in [6.45, 7) is 8.18. The molecule has 188 valence electrons. The molecule has 0 radical (unpaired) electrons. The zero-order valence-electron chi connectivity index (χ0n) is 21.4. The van der Waals surface area contributed by atoms with E-state index in [-0.39, 0.29) is 17.9 Å². The highest BCUT2D eigenvalue weighted by atomic mass is 16.2. The smallest absolute Gasteiger partial charge is 0.222 e. The van der Waals surface area contributed by atoms with Crippen LogP contribution >= 0.6 is 0 Å². The van der Waals surface area contributed by atoms with Crippen molar-refractivity contribution in [3.63, 3.8) is 0 Å². The van der Waals surface area contributed by atoms with Crippen molar-refractivity contribution in [3.8, 4) is 0 Å². The van der Waals surface area contributed by atoms with E-state index >= 15 is 0 Å². The first-order chi connectivity index (χ1) is 16.9. The molecule has 2 bridgehead atoms. The van der Waals surface area contributed by atoms with Gasteiger partial charge in [-0.25, -0.2) is 4.98 Å². The predicted molar refractivity (Wildman–Crippen MR) is 136 cm³/mol. The Morgan fingerprint density at radius 1 is 1.11 bits per heavy atom. The van der Waals surface area contributed by atoms with Crippen molar-refractivity contribution in [2.24, 2.45) is 0 Å². The minimum absolute atomic E-state index is 0.0245. The van der Waals surface area contributed by atoms with Crippen molar-refractivity contribution in [1.29, 1.82) is 0 Å². The fraction of sp³-hybridized carbons (Fsp3) is 0.607. The highest BCUT2D eigenvalue weighted by Gasteiger charge is 2.42. The number of nitrogens with zero attached hydrogens (tertiary/aromatic N) is 4. The number of amides is 2. The van der Waals surface area contributed by atoms with Crippen LogP contribution in [0.1, 0.15) is 87.2 Å². The molecule has 2 fully saturated rings. The molecule has 2 amide bonds. The minimum atomic E-state index is 0.0245. The first-order valence-electron chi connectivity index (χ1n) is 13.4. The van der Waals surface area contributed by atoms with Crippen LogP contribution in [0.4, 0.5) is 0 Å². The zero-order valence-corrected chi connectivity index (χ0v) is 21.4. The maximum absolute atomic E-state index is 12.4. The van der Waals surface area contributed by atoms with E-state index in [0.29, 0.717) is 31.1 Å². The van der Waals surface area contributed by atoms with E-state index in [0.717, 1.165) is 44.6 Å². The van der Waals surface area contributed by atoms with E-state index in [9.17, 15) is 9.59 Å². The predicted octanol–water partition coefficient (Wildman–Crippen LogP) is 3.92. The van der Waals surface area contributed by atoms with Crippen molar-refractivity contribution >= 4 is 11.8 Å². The van der Waals surface area contributed by atoms with E-state index in [1.807, 2.05) is 30.0 Å². The Morgan fingerprint density at radius 2 is 1.83 bits per heavy atom. The molecule has 35 heavy (non-hydrogen) atoms. The van der Waals surface area contributed by atoms with Crippen LogP contribution < -0.4 is 5.32 Å². The Hall–Kier alpha value is -2.67. The first kappa shape index (κ1) is 24.0. The molecule has 0 unspecified atom stereocenters. The molecule has 4 atom stereocenters. The number of fused-ring (bicyclic) bond motifs is 3. The average Bonchev–Trinajstić information content (AvgIpc) is 3.31. The van der Waals surface area contributed by atoms with Crippen molar-refractivity contribution in [2.45, 2.75) is 96.4 Å². The van der Waals surface area contributed by atoms with Gasteiger partial charge in [-0.3, -0.25) is 14.5 Å². The lowest BCUT2D eigenvalue weighted by molar-refractivity contribution is -0.131. The summed E-state index contributed by atoms with van der Waals surface area (Å²) in [5.74, 6) is 1.37. The number of carbonyl (C=O) groups is 2. The monoisotopic (exact) mass is 477 g/mol. The number of benzene rings is 1. The Bertz CT molecular complexity index is 1050. The standard InChI is InChI=1S/C28H39N5O2/c1-4-28(35)31-14-12-26-27(18-31)33(19(2)29-26)24-16-22-10-11-23(17-24)32(22)15-13-25(30-20(3)34)21-8-6-5-7-9-21/h5-9,22-25H,4,10-18H2,1-3H3,(H,30,34)/t22-,23+,24+,25-/m0/s1. The molecule has 1 aromatic carbocycles. The summed E-state index contributed by atoms with van der Waals surface area (Å²) in [6.07, 6.45) is 7.12. The highest BCUT2D eigenvalue weighted by molar-refractivity contribution is 5.76. The van der Waals surface area contributed by atoms with Gasteiger partial charge in [0.2, 0.25) is 11.8 Å². The van der Waals surface area contributed by atoms with E-state index in [1.54, 1.807) is 6.92 Å². The number of hydrogen-bond donors (Lipinski definition) is 1. The molecule has 1 aromatic heterocycles. The van der Waals surface area contributed by atoms with Crippen LogP contribution in [-0.2, 0) is 22.6 Å². The fourth-order valence-corrected chi connectivity index (χ4v) is 6.79. The summed E-state index contributed by atoms with van der Waals surface area (Å²) < 4.78 is 2.48. The number of imidazole rings is 1. The number of carbonyl (C=O) groups excluding carboxylic acids is 2. The van der Waals surface area contributed by atoms with Gasteiger partial charge in [0, 0.05) is 51.0 Å². The lowest BCUT2D eigenvalue weighted by atomic mass is 9.95. The molecule has 0 aliphatic carbocycles. The molecule has 3 aliphatic heterocycles. The topological polar surface area (TPSA) is 70.5 Å². The lowest BCUT2D eigenvalue weighted by Crippen LogP contribution is -2.45. The maximum atomic E-state index is 12.4. The number of hydrogen-bond acceptors (Lipinski definition) is 4. The van der Waals surface area contributed by atoms with Crippen LogP contribution in [0.5, 0.6) is 0 Å². The summed E-state index contributed by atoms with van der Waals surface area (Å²) in [5.41, 5.74) is 3.64. The van der Waals surface area contributed by atoms with Gasteiger partial charge in [-0.05, 0) is 44.6 Å². The summed E-state index contributed by atoms with van der Waals surface area (Å²) >= 11 is 0. The number of aromatic nitrogens is 2. The van der Waals surface area contributed by atoms with Gasteiger partial charge in [0.15, 0.2) is 0 Å². The summed E-state index contributed by atoms with van der Waals surface area (Å²) in [4.78, 5) is 33.9. The Morgan fingerprint density at radius 3 is 2.49 bits per heavy atom. The Labute approximate surface area is 208 Å². The average molecular weight is 478 g/mol. The second-order valence-electron chi connectivity index (χ2n) is 10.5. The minimum Gasteiger partial charge on any atom is -0.349 e. The van der Waals surface area contributed by atoms with Crippen LogP contribution in [0.15, 0.2) is 30.3 Å². The van der Waals surface area contributed by atoms with Crippen LogP contribution in [0.25, 0.3) is 0 Å². The summed E-state index contributed by atoms with van der Waals surface area (Å²) in [5, 5.41) is 3.17. The van der Waals surface area contributed by atoms with Gasteiger partial charge in [0.05, 0.1) is 24.0 Å². The number of rotatable bonds is 7. The summed E-state index contributed by atoms with van der Waals surface area (Å²) in [6, 6.07) is 12.0. The van der Waals surface area contributed by atoms with Crippen LogP contribution in [0.3, 0.4) is 0 Å². The molecule has 1 N–H and O–H groups in total. The van der Waals surface area contributed by atoms with Crippen molar-refractivity contribution in [1.82, 2.24) is 24.7 Å². The van der Waals surface area contributed by atoms with E-state index in [1.165, 1.54) is 29.8 Å². The van der Waals surface area contributed by atoms with E-state index in [2.05, 4.69) is 33.8 Å². The fourth-order valence-electron chi connectivity index (χ4n) is 6.79. The third-order valence-electron chi connectivity index (χ3n) is 8.36. The molecule has 3 aliphatic rings. The van der Waals surface area contributed by atoms with Gasteiger partial charge in [-0.1, -0.05) is 37.3 Å². The molecule has 2 saturated heterocycles. The third-order valence-corrected chi connectivity index (χ3v) is 8.36. The van der Waals surface area contributed by atoms with Crippen LogP contribution in [0.2, 0.25) is 0 Å². The molecule has 5 rings (SSSR count). The zero-order chi connectivity index (χ0) is 24.5. The van der Waals surface area contributed by atoms with Crippen LogP contribution in [0, 0.1) is 6.92 Å². The second-order valence-corrected chi connectivity index (χ2v) is 10.5. The third kappa shape index (κ3) is 4.88. The molecule has 0 spiro atoms.